The molecule has 0 atom stereocenters. The van der Waals surface area contributed by atoms with Crippen molar-refractivity contribution in [3.05, 3.63) is 15.6 Å². The third kappa shape index (κ3) is 1.63. The number of hydrogen-bond donors (Lipinski definition) is 0. The van der Waals surface area contributed by atoms with Crippen LogP contribution in [0.1, 0.15) is 20.4 Å². The summed E-state index contributed by atoms with van der Waals surface area (Å²) in [5, 5.41) is 0.240. The van der Waals surface area contributed by atoms with Gasteiger partial charge in [-0.05, 0) is 6.92 Å². The Morgan fingerprint density at radius 2 is 2.08 bits per heavy atom. The molecule has 0 aliphatic rings. The molecule has 0 spiro atoms. The van der Waals surface area contributed by atoms with E-state index in [2.05, 4.69) is 4.98 Å². The average molecular weight is 195 g/mol. The van der Waals surface area contributed by atoms with Crippen LogP contribution in [0.3, 0.4) is 0 Å². The molecule has 0 amide bonds. The Labute approximate surface area is 70.0 Å². The number of carbonyl (C=O) groups excluding carboxylic acids is 1. The summed E-state index contributed by atoms with van der Waals surface area (Å²) in [7, 11) is 0. The van der Waals surface area contributed by atoms with Crippen LogP contribution in [0.15, 0.2) is 0 Å². The minimum Gasteiger partial charge on any atom is -0.297 e. The summed E-state index contributed by atoms with van der Waals surface area (Å²) in [4.78, 5) is 13.0. The molecule has 0 N–H and O–H groups in total. The van der Waals surface area contributed by atoms with Crippen molar-refractivity contribution >= 4 is 17.6 Å². The van der Waals surface area contributed by atoms with Gasteiger partial charge >= 0.3 is 6.18 Å². The number of thiazole rings is 1. The topological polar surface area (TPSA) is 30.0 Å². The van der Waals surface area contributed by atoms with E-state index in [-0.39, 0.29) is 16.2 Å². The number of aryl methyl sites for hydroxylation is 1. The Hall–Kier alpha value is -0.910. The number of hydrogen-bond acceptors (Lipinski definition) is 3. The molecule has 0 aliphatic heterocycles. The molecule has 0 bridgehead atoms. The molecule has 2 nitrogen and oxygen atoms in total. The van der Waals surface area contributed by atoms with Crippen molar-refractivity contribution in [2.75, 3.05) is 0 Å². The van der Waals surface area contributed by atoms with Crippen LogP contribution >= 0.6 is 11.3 Å². The van der Waals surface area contributed by atoms with Gasteiger partial charge in [0.15, 0.2) is 12.0 Å². The van der Waals surface area contributed by atoms with Gasteiger partial charge < -0.3 is 0 Å². The van der Waals surface area contributed by atoms with Gasteiger partial charge in [-0.15, -0.1) is 11.3 Å². The van der Waals surface area contributed by atoms with E-state index >= 15 is 0 Å². The van der Waals surface area contributed by atoms with Crippen molar-refractivity contribution in [1.82, 2.24) is 4.98 Å². The van der Waals surface area contributed by atoms with E-state index in [0.717, 1.165) is 11.3 Å². The summed E-state index contributed by atoms with van der Waals surface area (Å²) in [5.74, 6) is 0. The molecule has 0 unspecified atom stereocenters. The summed E-state index contributed by atoms with van der Waals surface area (Å²) < 4.78 is 36.1. The second kappa shape index (κ2) is 2.85. The maximum atomic E-state index is 12.0. The quantitative estimate of drug-likeness (QED) is 0.643. The molecule has 0 aromatic carbocycles. The zero-order chi connectivity index (χ0) is 9.35. The second-order valence-corrected chi connectivity index (χ2v) is 3.30. The molecule has 0 radical (unpaired) electrons. The maximum absolute atomic E-state index is 12.0. The number of aldehydes is 1. The third-order valence-corrected chi connectivity index (χ3v) is 2.03. The molecule has 0 saturated carbocycles. The van der Waals surface area contributed by atoms with Gasteiger partial charge in [0, 0.05) is 0 Å². The molecule has 6 heteroatoms. The number of rotatable bonds is 1. The summed E-state index contributed by atoms with van der Waals surface area (Å²) in [6.45, 7) is 1.42. The Bertz CT molecular complexity index is 304. The van der Waals surface area contributed by atoms with Crippen molar-refractivity contribution in [3.8, 4) is 0 Å². The van der Waals surface area contributed by atoms with Crippen LogP contribution in [0.25, 0.3) is 0 Å². The second-order valence-electron chi connectivity index (χ2n) is 2.06. The lowest BCUT2D eigenvalue weighted by Crippen LogP contribution is -2.08. The fraction of sp³-hybridized carbons (Fsp3) is 0.333. The van der Waals surface area contributed by atoms with E-state index in [1.807, 2.05) is 0 Å². The molecule has 1 heterocycles. The lowest BCUT2D eigenvalue weighted by Gasteiger charge is -2.01. The zero-order valence-corrected chi connectivity index (χ0v) is 6.79. The minimum atomic E-state index is -4.53. The highest BCUT2D eigenvalue weighted by atomic mass is 32.1. The molecule has 1 aromatic rings. The van der Waals surface area contributed by atoms with Gasteiger partial charge in [-0.3, -0.25) is 4.79 Å². The summed E-state index contributed by atoms with van der Waals surface area (Å²) in [5.41, 5.74) is -1.08. The van der Waals surface area contributed by atoms with Crippen LogP contribution in [-0.4, -0.2) is 11.3 Å². The smallest absolute Gasteiger partial charge is 0.297 e. The van der Waals surface area contributed by atoms with E-state index in [4.69, 9.17) is 0 Å². The van der Waals surface area contributed by atoms with Crippen LogP contribution in [0.2, 0.25) is 0 Å². The van der Waals surface area contributed by atoms with Crippen LogP contribution < -0.4 is 0 Å². The van der Waals surface area contributed by atoms with Crippen LogP contribution in [0.4, 0.5) is 13.2 Å². The standard InChI is InChI=1S/C6H4F3NOS/c1-3-10-5(6(7,8)9)4(2-11)12-3/h2H,1H3. The first-order valence-electron chi connectivity index (χ1n) is 2.95. The van der Waals surface area contributed by atoms with Gasteiger partial charge in [0.25, 0.3) is 0 Å². The SMILES string of the molecule is Cc1nc(C(F)(F)F)c(C=O)s1. The molecule has 12 heavy (non-hydrogen) atoms. The molecular weight excluding hydrogens is 191 g/mol. The first kappa shape index (κ1) is 9.18. The first-order valence-corrected chi connectivity index (χ1v) is 3.76. The Kier molecular flexibility index (Phi) is 2.18. The monoisotopic (exact) mass is 195 g/mol. The average Bonchev–Trinajstić information content (AvgIpc) is 2.29. The number of alkyl halides is 3. The largest absolute Gasteiger partial charge is 0.434 e. The minimum absolute atomic E-state index is 0.174. The molecule has 66 valence electrons. The van der Waals surface area contributed by atoms with Crippen LogP contribution in [-0.2, 0) is 6.18 Å². The molecule has 1 rings (SSSR count). The zero-order valence-electron chi connectivity index (χ0n) is 5.97. The van der Waals surface area contributed by atoms with Crippen molar-refractivity contribution in [3.63, 3.8) is 0 Å². The lowest BCUT2D eigenvalue weighted by atomic mass is 10.4. The number of aromatic nitrogens is 1. The van der Waals surface area contributed by atoms with Crippen LogP contribution in [0, 0.1) is 6.92 Å². The maximum Gasteiger partial charge on any atom is 0.434 e. The fourth-order valence-electron chi connectivity index (χ4n) is 0.726. The highest BCUT2D eigenvalue weighted by molar-refractivity contribution is 7.13. The van der Waals surface area contributed by atoms with Crippen molar-refractivity contribution in [1.29, 1.82) is 0 Å². The molecule has 0 saturated heterocycles. The number of nitrogens with zero attached hydrogens (tertiary/aromatic N) is 1. The predicted octanol–water partition coefficient (Wildman–Crippen LogP) is 2.28. The van der Waals surface area contributed by atoms with Gasteiger partial charge in [0.2, 0.25) is 0 Å². The van der Waals surface area contributed by atoms with Gasteiger partial charge in [-0.25, -0.2) is 4.98 Å². The highest BCUT2D eigenvalue weighted by Crippen LogP contribution is 2.32. The van der Waals surface area contributed by atoms with Crippen molar-refractivity contribution < 1.29 is 18.0 Å². The van der Waals surface area contributed by atoms with Gasteiger partial charge in [-0.1, -0.05) is 0 Å². The molecular formula is C6H4F3NOS. The van der Waals surface area contributed by atoms with E-state index < -0.39 is 11.9 Å². The van der Waals surface area contributed by atoms with E-state index in [1.165, 1.54) is 6.92 Å². The Morgan fingerprint density at radius 1 is 1.50 bits per heavy atom. The number of carbonyl (C=O) groups is 1. The van der Waals surface area contributed by atoms with Gasteiger partial charge in [0.1, 0.15) is 0 Å². The Morgan fingerprint density at radius 3 is 2.42 bits per heavy atom. The molecule has 0 fully saturated rings. The normalized spacial score (nSPS) is 11.7. The summed E-state index contributed by atoms with van der Waals surface area (Å²) >= 11 is 0.742. The predicted molar refractivity (Wildman–Crippen MR) is 37.2 cm³/mol. The lowest BCUT2D eigenvalue weighted by molar-refractivity contribution is -0.141. The van der Waals surface area contributed by atoms with Crippen molar-refractivity contribution in [2.24, 2.45) is 0 Å². The molecule has 1 aromatic heterocycles. The molecule has 0 aliphatic carbocycles. The summed E-state index contributed by atoms with van der Waals surface area (Å²) in [6.07, 6.45) is -4.35. The number of halogens is 3. The summed E-state index contributed by atoms with van der Waals surface area (Å²) in [6, 6.07) is 0. The third-order valence-electron chi connectivity index (χ3n) is 1.14. The highest BCUT2D eigenvalue weighted by Gasteiger charge is 2.36. The van der Waals surface area contributed by atoms with Gasteiger partial charge in [0.05, 0.1) is 9.88 Å². The van der Waals surface area contributed by atoms with Gasteiger partial charge in [-0.2, -0.15) is 13.2 Å². The Balaban J connectivity index is 3.22. The van der Waals surface area contributed by atoms with E-state index in [9.17, 15) is 18.0 Å². The van der Waals surface area contributed by atoms with Crippen molar-refractivity contribution in [2.45, 2.75) is 13.1 Å². The van der Waals surface area contributed by atoms with E-state index in [0.29, 0.717) is 0 Å². The van der Waals surface area contributed by atoms with Crippen LogP contribution in [0.5, 0.6) is 0 Å². The first-order chi connectivity index (χ1) is 5.45. The fourth-order valence-corrected chi connectivity index (χ4v) is 1.49. The van der Waals surface area contributed by atoms with E-state index in [1.54, 1.807) is 0 Å².